The summed E-state index contributed by atoms with van der Waals surface area (Å²) in [6, 6.07) is 6.73. The van der Waals surface area contributed by atoms with E-state index in [0.29, 0.717) is 24.3 Å². The molecule has 3 rings (SSSR count). The lowest BCUT2D eigenvalue weighted by Crippen LogP contribution is -2.53. The van der Waals surface area contributed by atoms with Gasteiger partial charge in [0.05, 0.1) is 6.54 Å². The number of nitrogens with one attached hydrogen (secondary N) is 1. The lowest BCUT2D eigenvalue weighted by Gasteiger charge is -2.29. The van der Waals surface area contributed by atoms with E-state index in [1.165, 1.54) is 11.8 Å². The summed E-state index contributed by atoms with van der Waals surface area (Å²) in [6.07, 6.45) is 1.10. The number of rotatable bonds is 8. The molecule has 186 valence electrons. The molecule has 9 nitrogen and oxygen atoms in total. The Hall–Kier alpha value is -2.68. The van der Waals surface area contributed by atoms with Crippen molar-refractivity contribution in [2.75, 3.05) is 31.0 Å². The molecule has 2 heterocycles. The van der Waals surface area contributed by atoms with E-state index in [-0.39, 0.29) is 19.4 Å². The molecule has 34 heavy (non-hydrogen) atoms. The van der Waals surface area contributed by atoms with Crippen molar-refractivity contribution >= 4 is 27.5 Å². The topological polar surface area (TPSA) is 111 Å². The van der Waals surface area contributed by atoms with Gasteiger partial charge in [-0.1, -0.05) is 11.8 Å². The fourth-order valence-electron chi connectivity index (χ4n) is 3.65. The maximum absolute atomic E-state index is 12.9. The lowest BCUT2D eigenvalue weighted by molar-refractivity contribution is -0.201. The van der Waals surface area contributed by atoms with Gasteiger partial charge in [0.25, 0.3) is 5.91 Å². The number of benzene rings is 1. The average Bonchev–Trinajstić information content (AvgIpc) is 3.17. The zero-order chi connectivity index (χ0) is 24.8. The predicted octanol–water partition coefficient (Wildman–Crippen LogP) is 2.49. The van der Waals surface area contributed by atoms with Crippen molar-refractivity contribution < 1.29 is 36.7 Å². The summed E-state index contributed by atoms with van der Waals surface area (Å²) in [5, 5.41) is 0. The van der Waals surface area contributed by atoms with Gasteiger partial charge in [0.15, 0.2) is 20.9 Å². The number of cyclic esters (lactones) is 1. The summed E-state index contributed by atoms with van der Waals surface area (Å²) >= 11 is 0. The average molecular weight is 497 g/mol. The van der Waals surface area contributed by atoms with Crippen LogP contribution in [0.25, 0.3) is 0 Å². The Morgan fingerprint density at radius 2 is 2.06 bits per heavy atom. The molecule has 0 aromatic heterocycles. The van der Waals surface area contributed by atoms with E-state index in [2.05, 4.69) is 17.3 Å². The summed E-state index contributed by atoms with van der Waals surface area (Å²) in [5.74, 6) is 4.67. The van der Waals surface area contributed by atoms with Gasteiger partial charge in [-0.15, -0.1) is 0 Å². The maximum atomic E-state index is 12.9. The number of nitrogens with zero attached hydrogens (tertiary/aromatic N) is 1. The first kappa shape index (κ1) is 25.9. The molecule has 2 saturated heterocycles. The molecule has 0 saturated carbocycles. The minimum Gasteiger partial charge on any atom is -0.444 e. The van der Waals surface area contributed by atoms with Crippen LogP contribution < -0.4 is 10.4 Å². The Bertz CT molecular complexity index is 1050. The smallest absolute Gasteiger partial charge is 0.414 e. The number of alkyl halides is 1. The molecule has 0 radical (unpaired) electrons. The van der Waals surface area contributed by atoms with Gasteiger partial charge < -0.3 is 9.47 Å². The fraction of sp³-hybridized carbons (Fsp3) is 0.565. The summed E-state index contributed by atoms with van der Waals surface area (Å²) in [6.45, 7) is 1.33. The highest BCUT2D eigenvalue weighted by molar-refractivity contribution is 7.92. The number of carbonyl (C=O) groups is 2. The third-order valence-corrected chi connectivity index (χ3v) is 7.83. The van der Waals surface area contributed by atoms with E-state index in [0.717, 1.165) is 19.1 Å². The molecule has 1 aromatic carbocycles. The van der Waals surface area contributed by atoms with Crippen molar-refractivity contribution in [2.45, 2.75) is 56.2 Å². The minimum atomic E-state index is -3.90. The molecule has 0 bridgehead atoms. The molecule has 2 aliphatic rings. The minimum absolute atomic E-state index is 0.0662. The third kappa shape index (κ3) is 6.25. The van der Waals surface area contributed by atoms with Crippen LogP contribution in [0.15, 0.2) is 24.3 Å². The molecular weight excluding hydrogens is 467 g/mol. The molecule has 2 unspecified atom stereocenters. The van der Waals surface area contributed by atoms with Crippen LogP contribution >= 0.6 is 0 Å². The van der Waals surface area contributed by atoms with E-state index in [1.54, 1.807) is 24.3 Å². The second-order valence-electron chi connectivity index (χ2n) is 8.46. The summed E-state index contributed by atoms with van der Waals surface area (Å²) in [4.78, 5) is 32.0. The largest absolute Gasteiger partial charge is 0.444 e. The SMILES string of the molecule is C[C@@](CC1CN(c2ccc(C#CCCF)cc2)C(=O)O1)(C(=O)NOC1CCCCO1)S(C)(=O)=O. The summed E-state index contributed by atoms with van der Waals surface area (Å²) < 4.78 is 46.2. The van der Waals surface area contributed by atoms with Crippen LogP contribution in [0.3, 0.4) is 0 Å². The van der Waals surface area contributed by atoms with Crippen molar-refractivity contribution in [2.24, 2.45) is 0 Å². The number of ether oxygens (including phenoxy) is 2. The summed E-state index contributed by atoms with van der Waals surface area (Å²) in [5.41, 5.74) is 3.43. The number of hydroxylamine groups is 1. The first-order valence-corrected chi connectivity index (χ1v) is 12.9. The first-order valence-electron chi connectivity index (χ1n) is 11.0. The normalized spacial score (nSPS) is 22.3. The third-order valence-electron chi connectivity index (χ3n) is 5.84. The van der Waals surface area contributed by atoms with Crippen molar-refractivity contribution in [3.8, 4) is 11.8 Å². The van der Waals surface area contributed by atoms with E-state index < -0.39 is 45.7 Å². The van der Waals surface area contributed by atoms with Gasteiger partial charge in [0.1, 0.15) is 12.8 Å². The van der Waals surface area contributed by atoms with Gasteiger partial charge >= 0.3 is 6.09 Å². The monoisotopic (exact) mass is 496 g/mol. The molecule has 1 N–H and O–H groups in total. The zero-order valence-corrected chi connectivity index (χ0v) is 20.0. The van der Waals surface area contributed by atoms with Gasteiger partial charge in [0.2, 0.25) is 0 Å². The van der Waals surface area contributed by atoms with Gasteiger partial charge in [-0.2, -0.15) is 0 Å². The number of amides is 2. The van der Waals surface area contributed by atoms with Crippen LogP contribution in [0.2, 0.25) is 0 Å². The van der Waals surface area contributed by atoms with Crippen LogP contribution in [0.5, 0.6) is 0 Å². The maximum Gasteiger partial charge on any atom is 0.414 e. The molecular formula is C23H29FN2O7S. The van der Waals surface area contributed by atoms with Crippen molar-refractivity contribution in [1.82, 2.24) is 5.48 Å². The van der Waals surface area contributed by atoms with E-state index in [1.807, 2.05) is 0 Å². The van der Waals surface area contributed by atoms with Crippen molar-refractivity contribution in [3.05, 3.63) is 29.8 Å². The van der Waals surface area contributed by atoms with Crippen LogP contribution in [0, 0.1) is 11.8 Å². The number of hydrogen-bond donors (Lipinski definition) is 1. The molecule has 2 amide bonds. The van der Waals surface area contributed by atoms with Gasteiger partial charge in [-0.05, 0) is 44.0 Å². The van der Waals surface area contributed by atoms with Crippen LogP contribution in [-0.2, 0) is 28.9 Å². The number of hydrogen-bond acceptors (Lipinski definition) is 7. The van der Waals surface area contributed by atoms with Gasteiger partial charge in [-0.3, -0.25) is 14.1 Å². The molecule has 2 aliphatic heterocycles. The van der Waals surface area contributed by atoms with Gasteiger partial charge in [0, 0.05) is 43.4 Å². The Balaban J connectivity index is 1.66. The molecule has 0 spiro atoms. The number of halogens is 1. The highest BCUT2D eigenvalue weighted by Gasteiger charge is 2.48. The number of sulfone groups is 1. The van der Waals surface area contributed by atoms with Crippen molar-refractivity contribution in [1.29, 1.82) is 0 Å². The Morgan fingerprint density at radius 3 is 2.68 bits per heavy atom. The second kappa shape index (κ2) is 11.2. The first-order chi connectivity index (χ1) is 16.1. The van der Waals surface area contributed by atoms with E-state index in [9.17, 15) is 22.4 Å². The van der Waals surface area contributed by atoms with Crippen molar-refractivity contribution in [3.63, 3.8) is 0 Å². The van der Waals surface area contributed by atoms with E-state index in [4.69, 9.17) is 14.3 Å². The number of carbonyl (C=O) groups excluding carboxylic acids is 2. The van der Waals surface area contributed by atoms with Crippen LogP contribution in [0.4, 0.5) is 14.9 Å². The fourth-order valence-corrected chi connectivity index (χ4v) is 4.52. The zero-order valence-electron chi connectivity index (χ0n) is 19.2. The Morgan fingerprint density at radius 1 is 1.32 bits per heavy atom. The standard InChI is InChI=1S/C23H29FN2O7S/c1-23(34(2,29)30,21(27)25-33-20-8-4-6-14-31-20)15-19-16-26(22(28)32-19)18-11-9-17(10-12-18)7-3-5-13-24/h9-12,19-20H,4-6,8,13-16H2,1-2H3,(H,25,27)/t19?,20?,23-/m1/s1. The Kier molecular flexibility index (Phi) is 8.52. The number of anilines is 1. The van der Waals surface area contributed by atoms with Crippen LogP contribution in [-0.4, -0.2) is 63.6 Å². The predicted molar refractivity (Wildman–Crippen MR) is 122 cm³/mol. The molecule has 3 atom stereocenters. The lowest BCUT2D eigenvalue weighted by atomic mass is 10.0. The Labute approximate surface area is 198 Å². The molecule has 1 aromatic rings. The highest BCUT2D eigenvalue weighted by Crippen LogP contribution is 2.30. The van der Waals surface area contributed by atoms with Gasteiger partial charge in [-0.25, -0.2) is 23.5 Å². The quantitative estimate of drug-likeness (QED) is 0.435. The van der Waals surface area contributed by atoms with E-state index >= 15 is 0 Å². The molecule has 11 heteroatoms. The molecule has 2 fully saturated rings. The highest BCUT2D eigenvalue weighted by atomic mass is 32.2. The van der Waals surface area contributed by atoms with Crippen LogP contribution in [0.1, 0.15) is 44.6 Å². The second-order valence-corrected chi connectivity index (χ2v) is 10.9. The molecule has 0 aliphatic carbocycles. The summed E-state index contributed by atoms with van der Waals surface area (Å²) in [7, 11) is -3.90.